The van der Waals surface area contributed by atoms with Crippen molar-refractivity contribution in [1.29, 1.82) is 0 Å². The van der Waals surface area contributed by atoms with Gasteiger partial charge in [-0.25, -0.2) is 4.79 Å². The molecule has 1 unspecified atom stereocenters. The van der Waals surface area contributed by atoms with Crippen molar-refractivity contribution in [2.24, 2.45) is 0 Å². The zero-order valence-corrected chi connectivity index (χ0v) is 17.2. The molecule has 1 aliphatic rings. The highest BCUT2D eigenvalue weighted by atomic mass is 32.1. The summed E-state index contributed by atoms with van der Waals surface area (Å²) in [5.74, 6) is 0.296. The first-order valence-corrected chi connectivity index (χ1v) is 10.2. The predicted molar refractivity (Wildman–Crippen MR) is 109 cm³/mol. The lowest BCUT2D eigenvalue weighted by Gasteiger charge is -2.16. The van der Waals surface area contributed by atoms with Gasteiger partial charge in [-0.3, -0.25) is 4.79 Å². The van der Waals surface area contributed by atoms with Crippen molar-refractivity contribution in [1.82, 2.24) is 0 Å². The van der Waals surface area contributed by atoms with Gasteiger partial charge in [0.1, 0.15) is 16.4 Å². The number of nitrogens with one attached hydrogen (secondary N) is 1. The number of aryl methyl sites for hydroxylation is 2. The van der Waals surface area contributed by atoms with Gasteiger partial charge < -0.3 is 19.5 Å². The molecular formula is C21H25NO5S. The highest BCUT2D eigenvalue weighted by Crippen LogP contribution is 2.30. The predicted octanol–water partition coefficient (Wildman–Crippen LogP) is 4.22. The van der Waals surface area contributed by atoms with E-state index in [-0.39, 0.29) is 5.91 Å². The van der Waals surface area contributed by atoms with Crippen LogP contribution in [0.15, 0.2) is 24.3 Å². The SMILES string of the molecule is CCC(OC(=O)c1cc2c(s1)CCCC2)C(=O)Nc1cc(OC)cc(OC)c1. The van der Waals surface area contributed by atoms with E-state index in [0.717, 1.165) is 25.7 Å². The van der Waals surface area contributed by atoms with E-state index in [4.69, 9.17) is 14.2 Å². The van der Waals surface area contributed by atoms with E-state index in [1.54, 1.807) is 18.2 Å². The fourth-order valence-electron chi connectivity index (χ4n) is 3.20. The third-order valence-corrected chi connectivity index (χ3v) is 5.95. The van der Waals surface area contributed by atoms with Gasteiger partial charge in [-0.05, 0) is 43.7 Å². The first-order valence-electron chi connectivity index (χ1n) is 9.40. The van der Waals surface area contributed by atoms with E-state index in [1.807, 2.05) is 13.0 Å². The molecule has 0 saturated carbocycles. The summed E-state index contributed by atoms with van der Waals surface area (Å²) in [6, 6.07) is 7.00. The summed E-state index contributed by atoms with van der Waals surface area (Å²) in [4.78, 5) is 27.0. The Morgan fingerprint density at radius 2 is 1.75 bits per heavy atom. The van der Waals surface area contributed by atoms with Crippen LogP contribution < -0.4 is 14.8 Å². The Kier molecular flexibility index (Phi) is 6.57. The van der Waals surface area contributed by atoms with Crippen molar-refractivity contribution >= 4 is 28.9 Å². The van der Waals surface area contributed by atoms with Crippen LogP contribution in [0.2, 0.25) is 0 Å². The van der Waals surface area contributed by atoms with Crippen molar-refractivity contribution in [2.45, 2.75) is 45.1 Å². The minimum atomic E-state index is -0.871. The molecule has 7 heteroatoms. The van der Waals surface area contributed by atoms with Crippen LogP contribution in [0, 0.1) is 0 Å². The molecule has 1 N–H and O–H groups in total. The van der Waals surface area contributed by atoms with Gasteiger partial charge in [-0.15, -0.1) is 11.3 Å². The van der Waals surface area contributed by atoms with Crippen LogP contribution in [-0.2, 0) is 22.4 Å². The third kappa shape index (κ3) is 4.65. The van der Waals surface area contributed by atoms with Gasteiger partial charge >= 0.3 is 5.97 Å². The number of esters is 1. The Bertz CT molecular complexity index is 815. The number of amides is 1. The quantitative estimate of drug-likeness (QED) is 0.701. The van der Waals surface area contributed by atoms with Crippen LogP contribution in [0.4, 0.5) is 5.69 Å². The molecule has 150 valence electrons. The average molecular weight is 404 g/mol. The second-order valence-electron chi connectivity index (χ2n) is 6.66. The molecule has 0 radical (unpaired) electrons. The Hall–Kier alpha value is -2.54. The molecule has 0 bridgehead atoms. The molecule has 1 amide bonds. The molecule has 1 atom stereocenters. The lowest BCUT2D eigenvalue weighted by Crippen LogP contribution is -2.31. The van der Waals surface area contributed by atoms with Crippen LogP contribution in [0.5, 0.6) is 11.5 Å². The van der Waals surface area contributed by atoms with Gasteiger partial charge in [-0.1, -0.05) is 6.92 Å². The number of methoxy groups -OCH3 is 2. The van der Waals surface area contributed by atoms with Crippen molar-refractivity contribution in [3.8, 4) is 11.5 Å². The molecule has 0 aliphatic heterocycles. The van der Waals surface area contributed by atoms with Crippen LogP contribution in [-0.4, -0.2) is 32.2 Å². The number of hydrogen-bond acceptors (Lipinski definition) is 6. The molecule has 1 aromatic heterocycles. The topological polar surface area (TPSA) is 73.9 Å². The number of carbonyl (C=O) groups is 2. The molecule has 3 rings (SSSR count). The standard InChI is InChI=1S/C21H25NO5S/c1-4-17(20(23)22-14-10-15(25-2)12-16(11-14)26-3)27-21(24)19-9-13-7-5-6-8-18(13)28-19/h9-12,17H,4-8H2,1-3H3,(H,22,23). The van der Waals surface area contributed by atoms with E-state index in [2.05, 4.69) is 5.32 Å². The highest BCUT2D eigenvalue weighted by molar-refractivity contribution is 7.14. The normalized spacial score (nSPS) is 14.0. The second kappa shape index (κ2) is 9.10. The van der Waals surface area contributed by atoms with E-state index in [9.17, 15) is 9.59 Å². The minimum absolute atomic E-state index is 0.379. The Morgan fingerprint density at radius 1 is 1.07 bits per heavy atom. The van der Waals surface area contributed by atoms with Crippen molar-refractivity contribution in [2.75, 3.05) is 19.5 Å². The van der Waals surface area contributed by atoms with Gasteiger partial charge in [0, 0.05) is 28.8 Å². The van der Waals surface area contributed by atoms with Crippen LogP contribution in [0.1, 0.15) is 46.3 Å². The van der Waals surface area contributed by atoms with Gasteiger partial charge in [0.2, 0.25) is 0 Å². The second-order valence-corrected chi connectivity index (χ2v) is 7.80. The summed E-state index contributed by atoms with van der Waals surface area (Å²) in [5, 5.41) is 2.78. The first-order chi connectivity index (χ1) is 13.5. The number of carbonyl (C=O) groups excluding carboxylic acids is 2. The van der Waals surface area contributed by atoms with Gasteiger partial charge in [0.15, 0.2) is 6.10 Å². The zero-order valence-electron chi connectivity index (χ0n) is 16.4. The molecule has 0 saturated heterocycles. The molecule has 1 aromatic carbocycles. The van der Waals surface area contributed by atoms with E-state index in [0.29, 0.717) is 28.5 Å². The van der Waals surface area contributed by atoms with Gasteiger partial charge in [0.05, 0.1) is 14.2 Å². The number of rotatable bonds is 7. The summed E-state index contributed by atoms with van der Waals surface area (Å²) in [7, 11) is 3.08. The molecule has 28 heavy (non-hydrogen) atoms. The Balaban J connectivity index is 1.68. The highest BCUT2D eigenvalue weighted by Gasteiger charge is 2.25. The van der Waals surface area contributed by atoms with Gasteiger partial charge in [-0.2, -0.15) is 0 Å². The Morgan fingerprint density at radius 3 is 2.36 bits per heavy atom. The number of anilines is 1. The molecule has 0 spiro atoms. The molecule has 0 fully saturated rings. The number of benzene rings is 1. The molecule has 6 nitrogen and oxygen atoms in total. The lowest BCUT2D eigenvalue weighted by molar-refractivity contribution is -0.124. The largest absolute Gasteiger partial charge is 0.497 e. The Labute approximate surface area is 168 Å². The fraction of sp³-hybridized carbons (Fsp3) is 0.429. The maximum absolute atomic E-state index is 12.6. The van der Waals surface area contributed by atoms with Crippen LogP contribution in [0.25, 0.3) is 0 Å². The summed E-state index contributed by atoms with van der Waals surface area (Å²) < 4.78 is 15.9. The smallest absolute Gasteiger partial charge is 0.349 e. The van der Waals surface area contributed by atoms with Crippen LogP contribution in [0.3, 0.4) is 0 Å². The summed E-state index contributed by atoms with van der Waals surface area (Å²) >= 11 is 1.48. The van der Waals surface area contributed by atoms with Gasteiger partial charge in [0.25, 0.3) is 5.91 Å². The van der Waals surface area contributed by atoms with Crippen molar-refractivity contribution in [3.63, 3.8) is 0 Å². The van der Waals surface area contributed by atoms with E-state index < -0.39 is 12.1 Å². The average Bonchev–Trinajstić information content (AvgIpc) is 3.15. The lowest BCUT2D eigenvalue weighted by atomic mass is 9.99. The van der Waals surface area contributed by atoms with Crippen molar-refractivity contribution < 1.29 is 23.8 Å². The molecular weight excluding hydrogens is 378 g/mol. The van der Waals surface area contributed by atoms with Crippen LogP contribution >= 0.6 is 11.3 Å². The zero-order chi connectivity index (χ0) is 20.1. The molecule has 2 aromatic rings. The molecule has 1 heterocycles. The first kappa shape index (κ1) is 20.2. The third-order valence-electron chi connectivity index (χ3n) is 4.73. The van der Waals surface area contributed by atoms with Crippen molar-refractivity contribution in [3.05, 3.63) is 39.6 Å². The summed E-state index contributed by atoms with van der Waals surface area (Å²) in [6.07, 6.45) is 3.85. The number of ether oxygens (including phenoxy) is 3. The molecule has 1 aliphatic carbocycles. The summed E-state index contributed by atoms with van der Waals surface area (Å²) in [5.41, 5.74) is 1.76. The number of hydrogen-bond donors (Lipinski definition) is 1. The monoisotopic (exact) mass is 403 g/mol. The maximum Gasteiger partial charge on any atom is 0.349 e. The summed E-state index contributed by atoms with van der Waals surface area (Å²) in [6.45, 7) is 1.81. The van der Waals surface area contributed by atoms with E-state index >= 15 is 0 Å². The fourth-order valence-corrected chi connectivity index (χ4v) is 4.34. The maximum atomic E-state index is 12.6. The number of thiophene rings is 1. The number of fused-ring (bicyclic) bond motifs is 1. The van der Waals surface area contributed by atoms with E-state index in [1.165, 1.54) is 36.0 Å². The minimum Gasteiger partial charge on any atom is -0.497 e.